The minimum Gasteiger partial charge on any atom is -0.371 e. The van der Waals surface area contributed by atoms with Crippen molar-refractivity contribution in [3.63, 3.8) is 0 Å². The molecule has 0 saturated carbocycles. The van der Waals surface area contributed by atoms with E-state index in [1.165, 1.54) is 42.7 Å². The largest absolute Gasteiger partial charge is 0.417 e. The van der Waals surface area contributed by atoms with Gasteiger partial charge in [0.2, 0.25) is 0 Å². The van der Waals surface area contributed by atoms with Crippen molar-refractivity contribution in [1.29, 1.82) is 0 Å². The SMILES string of the molecule is O=C(N1CCN(Cc2ccc(C(F)(F)F)cc2N2CCCC2)CC1)n1cc(-c2ccccc2C(F)(F)F)cn1. The van der Waals surface area contributed by atoms with Gasteiger partial charge in [-0.2, -0.15) is 36.1 Å². The van der Waals surface area contributed by atoms with E-state index in [-0.39, 0.29) is 11.1 Å². The topological polar surface area (TPSA) is 44.6 Å². The summed E-state index contributed by atoms with van der Waals surface area (Å²) in [6.45, 7) is 3.59. The number of piperazine rings is 1. The fourth-order valence-corrected chi connectivity index (χ4v) is 5.16. The molecule has 12 heteroatoms. The second-order valence-corrected chi connectivity index (χ2v) is 9.80. The number of hydrogen-bond acceptors (Lipinski definition) is 4. The van der Waals surface area contributed by atoms with Crippen LogP contribution in [0.5, 0.6) is 0 Å². The van der Waals surface area contributed by atoms with Crippen molar-refractivity contribution in [3.05, 3.63) is 71.5 Å². The number of alkyl halides is 6. The molecule has 6 nitrogen and oxygen atoms in total. The highest BCUT2D eigenvalue weighted by Crippen LogP contribution is 2.37. The van der Waals surface area contributed by atoms with Gasteiger partial charge >= 0.3 is 18.4 Å². The van der Waals surface area contributed by atoms with Crippen LogP contribution in [0, 0.1) is 0 Å². The summed E-state index contributed by atoms with van der Waals surface area (Å²) in [6.07, 6.45) is -4.55. The quantitative estimate of drug-likeness (QED) is 0.375. The number of hydrogen-bond donors (Lipinski definition) is 0. The monoisotopic (exact) mass is 551 g/mol. The van der Waals surface area contributed by atoms with Crippen LogP contribution in [-0.4, -0.2) is 64.9 Å². The van der Waals surface area contributed by atoms with E-state index in [2.05, 4.69) is 10.00 Å². The Hall–Kier alpha value is -3.54. The summed E-state index contributed by atoms with van der Waals surface area (Å²) in [5, 5.41) is 4.01. The standard InChI is InChI=1S/C27H27F6N5O/c28-26(29,30)21-8-7-19(24(15-21)36-9-3-4-10-36)17-35-11-13-37(14-12-35)25(39)38-18-20(16-34-38)22-5-1-2-6-23(22)27(31,32)33/h1-2,5-8,15-16,18H,3-4,9-14,17H2. The van der Waals surface area contributed by atoms with Crippen LogP contribution in [0.4, 0.5) is 36.8 Å². The van der Waals surface area contributed by atoms with Crippen LogP contribution in [0.2, 0.25) is 0 Å². The molecule has 1 amide bonds. The minimum absolute atomic E-state index is 0.0563. The summed E-state index contributed by atoms with van der Waals surface area (Å²) in [7, 11) is 0. The van der Waals surface area contributed by atoms with Crippen LogP contribution >= 0.6 is 0 Å². The van der Waals surface area contributed by atoms with Crippen LogP contribution in [0.3, 0.4) is 0 Å². The number of aromatic nitrogens is 2. The smallest absolute Gasteiger partial charge is 0.371 e. The summed E-state index contributed by atoms with van der Waals surface area (Å²) >= 11 is 0. The zero-order valence-corrected chi connectivity index (χ0v) is 21.0. The van der Waals surface area contributed by atoms with Gasteiger partial charge in [0, 0.05) is 63.3 Å². The van der Waals surface area contributed by atoms with Gasteiger partial charge in [-0.15, -0.1) is 0 Å². The number of benzene rings is 2. The van der Waals surface area contributed by atoms with Gasteiger partial charge in [0.15, 0.2) is 0 Å². The lowest BCUT2D eigenvalue weighted by Gasteiger charge is -2.35. The van der Waals surface area contributed by atoms with Gasteiger partial charge in [-0.1, -0.05) is 24.3 Å². The molecule has 0 spiro atoms. The van der Waals surface area contributed by atoms with E-state index in [4.69, 9.17) is 0 Å². The second-order valence-electron chi connectivity index (χ2n) is 9.80. The van der Waals surface area contributed by atoms with Crippen molar-refractivity contribution < 1.29 is 31.1 Å². The maximum atomic E-state index is 13.4. The van der Waals surface area contributed by atoms with Crippen molar-refractivity contribution in [3.8, 4) is 11.1 Å². The van der Waals surface area contributed by atoms with E-state index in [0.717, 1.165) is 48.3 Å². The highest BCUT2D eigenvalue weighted by molar-refractivity contribution is 5.78. The molecule has 0 atom stereocenters. The first-order valence-corrected chi connectivity index (χ1v) is 12.7. The highest BCUT2D eigenvalue weighted by atomic mass is 19.4. The van der Waals surface area contributed by atoms with Gasteiger partial charge in [0.05, 0.1) is 17.3 Å². The van der Waals surface area contributed by atoms with E-state index in [9.17, 15) is 31.1 Å². The summed E-state index contributed by atoms with van der Waals surface area (Å²) in [5.41, 5.74) is 0.0711. The van der Waals surface area contributed by atoms with Gasteiger partial charge < -0.3 is 9.80 Å². The Balaban J connectivity index is 1.25. The Morgan fingerprint density at radius 2 is 1.54 bits per heavy atom. The van der Waals surface area contributed by atoms with Gasteiger partial charge in [-0.3, -0.25) is 4.90 Å². The molecular formula is C27H27F6N5O. The number of nitrogens with zero attached hydrogens (tertiary/aromatic N) is 5. The van der Waals surface area contributed by atoms with Gasteiger partial charge in [-0.25, -0.2) is 4.79 Å². The molecule has 1 aromatic heterocycles. The summed E-state index contributed by atoms with van der Waals surface area (Å²) in [5.74, 6) is 0. The van der Waals surface area contributed by atoms with E-state index in [1.54, 1.807) is 4.90 Å². The zero-order chi connectivity index (χ0) is 27.8. The molecule has 2 aliphatic heterocycles. The highest BCUT2D eigenvalue weighted by Gasteiger charge is 2.34. The molecule has 2 aliphatic rings. The Morgan fingerprint density at radius 3 is 2.21 bits per heavy atom. The Kier molecular flexibility index (Phi) is 7.32. The number of rotatable bonds is 4. The first kappa shape index (κ1) is 27.0. The average molecular weight is 552 g/mol. The van der Waals surface area contributed by atoms with Crippen LogP contribution in [0.1, 0.15) is 29.5 Å². The number of carbonyl (C=O) groups excluding carboxylic acids is 1. The van der Waals surface area contributed by atoms with E-state index in [1.807, 2.05) is 4.90 Å². The third-order valence-electron chi connectivity index (χ3n) is 7.22. The Bertz CT molecular complexity index is 1320. The maximum Gasteiger partial charge on any atom is 0.417 e. The average Bonchev–Trinajstić information content (AvgIpc) is 3.61. The number of amides is 1. The predicted octanol–water partition coefficient (Wildman–Crippen LogP) is 5.97. The normalized spacial score (nSPS) is 17.2. The maximum absolute atomic E-state index is 13.4. The third kappa shape index (κ3) is 5.90. The van der Waals surface area contributed by atoms with Crippen LogP contribution in [-0.2, 0) is 18.9 Å². The lowest BCUT2D eigenvalue weighted by molar-refractivity contribution is -0.138. The van der Waals surface area contributed by atoms with Crippen molar-refractivity contribution in [2.45, 2.75) is 31.7 Å². The molecule has 2 fully saturated rings. The van der Waals surface area contributed by atoms with Gasteiger partial charge in [0.1, 0.15) is 0 Å². The second kappa shape index (κ2) is 10.6. The summed E-state index contributed by atoms with van der Waals surface area (Å²) < 4.78 is 81.3. The van der Waals surface area contributed by atoms with Gasteiger partial charge in [-0.05, 0) is 42.2 Å². The lowest BCUT2D eigenvalue weighted by atomic mass is 10.0. The summed E-state index contributed by atoms with van der Waals surface area (Å²) in [4.78, 5) is 18.7. The summed E-state index contributed by atoms with van der Waals surface area (Å²) in [6, 6.07) is 8.56. The molecule has 0 bridgehead atoms. The van der Waals surface area contributed by atoms with Gasteiger partial charge in [0.25, 0.3) is 0 Å². The Morgan fingerprint density at radius 1 is 0.846 bits per heavy atom. The molecule has 3 heterocycles. The molecule has 5 rings (SSSR count). The van der Waals surface area contributed by atoms with Crippen molar-refractivity contribution in [2.75, 3.05) is 44.2 Å². The number of anilines is 1. The third-order valence-corrected chi connectivity index (χ3v) is 7.22. The van der Waals surface area contributed by atoms with Crippen molar-refractivity contribution in [2.24, 2.45) is 0 Å². The van der Waals surface area contributed by atoms with Crippen molar-refractivity contribution in [1.82, 2.24) is 19.6 Å². The first-order valence-electron chi connectivity index (χ1n) is 12.7. The molecule has 2 aromatic carbocycles. The number of halogens is 6. The van der Waals surface area contributed by atoms with Crippen LogP contribution in [0.15, 0.2) is 54.9 Å². The van der Waals surface area contributed by atoms with E-state index < -0.39 is 29.5 Å². The lowest BCUT2D eigenvalue weighted by Crippen LogP contribution is -2.49. The molecule has 39 heavy (non-hydrogen) atoms. The zero-order valence-electron chi connectivity index (χ0n) is 21.0. The molecule has 2 saturated heterocycles. The molecule has 0 aliphatic carbocycles. The van der Waals surface area contributed by atoms with Crippen molar-refractivity contribution >= 4 is 11.7 Å². The van der Waals surface area contributed by atoms with E-state index >= 15 is 0 Å². The molecule has 208 valence electrons. The predicted molar refractivity (Wildman–Crippen MR) is 133 cm³/mol. The fourth-order valence-electron chi connectivity index (χ4n) is 5.16. The molecule has 0 N–H and O–H groups in total. The first-order chi connectivity index (χ1) is 18.5. The molecule has 0 radical (unpaired) electrons. The van der Waals surface area contributed by atoms with Crippen LogP contribution in [0.25, 0.3) is 11.1 Å². The Labute approximate surface area is 221 Å². The van der Waals surface area contributed by atoms with Crippen LogP contribution < -0.4 is 4.90 Å². The number of carbonyl (C=O) groups is 1. The van der Waals surface area contributed by atoms with E-state index in [0.29, 0.717) is 38.4 Å². The molecular weight excluding hydrogens is 524 g/mol. The fraction of sp³-hybridized carbons (Fsp3) is 0.407. The minimum atomic E-state index is -4.54. The molecule has 0 unspecified atom stereocenters. The molecule has 3 aromatic rings.